The Labute approximate surface area is 626 Å². The van der Waals surface area contributed by atoms with Crippen LogP contribution in [0.5, 0.6) is 0 Å². The predicted octanol–water partition coefficient (Wildman–Crippen LogP) is 16.1. The van der Waals surface area contributed by atoms with Crippen LogP contribution in [0.15, 0.2) is 0 Å². The largest absolute Gasteiger partial charge is 0.463 e. The molecule has 0 aromatic carbocycles. The molecule has 3 aliphatic rings. The third-order valence-electron chi connectivity index (χ3n) is 22.5. The van der Waals surface area contributed by atoms with Crippen molar-refractivity contribution < 1.29 is 76.1 Å². The van der Waals surface area contributed by atoms with E-state index in [1.807, 2.05) is 0 Å². The summed E-state index contributed by atoms with van der Waals surface area (Å²) in [5, 5.41) is 9.14. The Morgan fingerprint density at radius 2 is 0.699 bits per heavy atom. The first-order valence-electron chi connectivity index (χ1n) is 41.9. The van der Waals surface area contributed by atoms with Gasteiger partial charge < -0.3 is 69.1 Å². The van der Waals surface area contributed by atoms with Gasteiger partial charge >= 0.3 is 5.97 Å². The van der Waals surface area contributed by atoms with Gasteiger partial charge in [0.25, 0.3) is 0 Å². The SMILES string of the molecule is CCC1O[C@@H](OCCCCCCCCCCCCCC(=O)CCOCC(N)(COCCC(=O)CCCCCCCCCCCCCO[C@@H]2OC(CC)[C@H](C)[C@H](C)C2NC(C)=O)COCC(=O)NCCCCCCCCCCCCO[C@@H]2OC(COC(C)=O)[C@H](C)[C@H](C)C2C)C(NC(C)=O)[C@@H](C)[C@H]1C. The second kappa shape index (κ2) is 57.9. The maximum absolute atomic E-state index is 12.9. The number of carbonyl (C=O) groups is 6. The molecule has 3 heterocycles. The molecule has 602 valence electrons. The van der Waals surface area contributed by atoms with Crippen LogP contribution in [0.3, 0.4) is 0 Å². The lowest BCUT2D eigenvalue weighted by Crippen LogP contribution is -2.57. The van der Waals surface area contributed by atoms with E-state index in [1.165, 1.54) is 116 Å². The number of nitrogens with two attached hydrogens (primary N) is 1. The molecule has 5 N–H and O–H groups in total. The summed E-state index contributed by atoms with van der Waals surface area (Å²) in [6, 6.07) is -0.253. The molecule has 15 atom stereocenters. The number of amides is 3. The molecule has 3 amide bonds. The van der Waals surface area contributed by atoms with Gasteiger partial charge in [-0.2, -0.15) is 0 Å². The predicted molar refractivity (Wildman–Crippen MR) is 409 cm³/mol. The van der Waals surface area contributed by atoms with Gasteiger partial charge in [0.05, 0.1) is 69.0 Å². The van der Waals surface area contributed by atoms with Crippen molar-refractivity contribution in [1.82, 2.24) is 16.0 Å². The Kier molecular flexibility index (Phi) is 52.8. The third kappa shape index (κ3) is 42.4. The van der Waals surface area contributed by atoms with Gasteiger partial charge in [0.15, 0.2) is 18.9 Å². The molecule has 3 rings (SSSR count). The average Bonchev–Trinajstić information content (AvgIpc) is 0.825. The fourth-order valence-electron chi connectivity index (χ4n) is 14.9. The van der Waals surface area contributed by atoms with E-state index >= 15 is 0 Å². The van der Waals surface area contributed by atoms with Gasteiger partial charge in [-0.15, -0.1) is 0 Å². The molecule has 103 heavy (non-hydrogen) atoms. The lowest BCUT2D eigenvalue weighted by molar-refractivity contribution is -0.255. The molecular weight excluding hydrogens is 1310 g/mol. The number of nitrogens with one attached hydrogen (secondary N) is 3. The van der Waals surface area contributed by atoms with E-state index in [2.05, 4.69) is 78.3 Å². The van der Waals surface area contributed by atoms with Gasteiger partial charge in [-0.1, -0.05) is 229 Å². The van der Waals surface area contributed by atoms with Crippen LogP contribution in [-0.4, -0.2) is 163 Å². The van der Waals surface area contributed by atoms with Crippen molar-refractivity contribution in [2.45, 2.75) is 382 Å². The van der Waals surface area contributed by atoms with Crippen molar-refractivity contribution >= 4 is 35.3 Å². The summed E-state index contributed by atoms with van der Waals surface area (Å²) < 4.78 is 60.6. The number of unbranched alkanes of at least 4 members (excludes halogenated alkanes) is 29. The number of Topliss-reactive ketones (excluding diaryl/α,β-unsaturated/α-hetero) is 2. The highest BCUT2D eigenvalue weighted by Crippen LogP contribution is 2.37. The monoisotopic (exact) mass is 1460 g/mol. The third-order valence-corrected chi connectivity index (χ3v) is 22.5. The molecule has 20 nitrogen and oxygen atoms in total. The molecule has 0 aromatic rings. The Balaban J connectivity index is 1.25. The number of esters is 1. The molecular formula is C83H154N4O16. The van der Waals surface area contributed by atoms with E-state index in [9.17, 15) is 28.8 Å². The van der Waals surface area contributed by atoms with Crippen LogP contribution in [0.1, 0.15) is 327 Å². The number of hydrogen-bond acceptors (Lipinski definition) is 17. The Morgan fingerprint density at radius 1 is 0.369 bits per heavy atom. The van der Waals surface area contributed by atoms with E-state index < -0.39 is 18.1 Å². The van der Waals surface area contributed by atoms with Crippen LogP contribution in [0.2, 0.25) is 0 Å². The number of ketones is 2. The molecule has 0 bridgehead atoms. The molecule has 0 saturated carbocycles. The molecule has 3 aliphatic heterocycles. The van der Waals surface area contributed by atoms with Gasteiger partial charge in [0, 0.05) is 78.7 Å². The van der Waals surface area contributed by atoms with Crippen molar-refractivity contribution in [3.63, 3.8) is 0 Å². The van der Waals surface area contributed by atoms with Gasteiger partial charge in [-0.25, -0.2) is 0 Å². The lowest BCUT2D eigenvalue weighted by Gasteiger charge is -2.44. The van der Waals surface area contributed by atoms with Gasteiger partial charge in [0.1, 0.15) is 24.8 Å². The van der Waals surface area contributed by atoms with Crippen LogP contribution in [0, 0.1) is 41.4 Å². The molecule has 6 unspecified atom stereocenters. The molecule has 3 fully saturated rings. The maximum atomic E-state index is 12.9. The van der Waals surface area contributed by atoms with E-state index in [1.54, 1.807) is 13.8 Å². The minimum atomic E-state index is -1.08. The van der Waals surface area contributed by atoms with Crippen molar-refractivity contribution in [2.24, 2.45) is 47.2 Å². The first-order valence-corrected chi connectivity index (χ1v) is 41.9. The normalized spacial score (nSPS) is 25.6. The molecule has 0 radical (unpaired) electrons. The van der Waals surface area contributed by atoms with Crippen LogP contribution < -0.4 is 21.7 Å². The molecule has 0 spiro atoms. The fraction of sp³-hybridized carbons (Fsp3) is 0.928. The summed E-state index contributed by atoms with van der Waals surface area (Å²) in [5.41, 5.74) is 5.77. The summed E-state index contributed by atoms with van der Waals surface area (Å²) >= 11 is 0. The quantitative estimate of drug-likeness (QED) is 0.0326. The summed E-state index contributed by atoms with van der Waals surface area (Å²) in [7, 11) is 0. The van der Waals surface area contributed by atoms with E-state index in [4.69, 9.17) is 53.1 Å². The smallest absolute Gasteiger partial charge is 0.302 e. The van der Waals surface area contributed by atoms with Crippen molar-refractivity contribution in [3.8, 4) is 0 Å². The average molecular weight is 1460 g/mol. The minimum absolute atomic E-state index is 0.0197. The number of hydrogen-bond donors (Lipinski definition) is 4. The zero-order valence-corrected chi connectivity index (χ0v) is 67.4. The first kappa shape index (κ1) is 94.0. The summed E-state index contributed by atoms with van der Waals surface area (Å²) in [6.45, 7) is 27.5. The minimum Gasteiger partial charge on any atom is -0.463 e. The highest BCUT2D eigenvalue weighted by Gasteiger charge is 2.44. The van der Waals surface area contributed by atoms with Crippen LogP contribution in [0.25, 0.3) is 0 Å². The second-order valence-electron chi connectivity index (χ2n) is 31.5. The molecule has 20 heteroatoms. The molecule has 0 aromatic heterocycles. The highest BCUT2D eigenvalue weighted by atomic mass is 16.7. The standard InChI is InChI=1S/C83H154N4O16/c1-13-74-64(5)66(7)78(86-69(10)88)81(101-74)98-53-45-39-33-26-20-15-17-23-29-35-41-47-72(91)49-55-94-59-83(84,61-96-58-77(93)85-51-43-37-31-25-19-22-28-32-38-44-52-97-80-68(9)62(3)63(4)76(103-80)57-100-71(12)90)60-95-56-50-73(92)48-42-36-30-24-18-16-21-27-34-40-46-54-99-82-79(87-70(11)89)67(8)65(6)75(14-2)102-82/h62-68,74-76,78-82H,13-61,84H2,1-12H3,(H,85,93)(H,86,88)(H,87,89)/t62-,63+,64+,65+,66-,67-,68?,74?,75?,76?,78?,79?,80+,81+,82+,83?/m0/s1. The zero-order chi connectivity index (χ0) is 75.5. The van der Waals surface area contributed by atoms with Crippen LogP contribution in [-0.2, 0) is 76.1 Å². The fourth-order valence-corrected chi connectivity index (χ4v) is 14.9. The van der Waals surface area contributed by atoms with Crippen molar-refractivity contribution in [2.75, 3.05) is 72.6 Å². The van der Waals surface area contributed by atoms with Crippen molar-refractivity contribution in [3.05, 3.63) is 0 Å². The van der Waals surface area contributed by atoms with Gasteiger partial charge in [0.2, 0.25) is 17.7 Å². The Hall–Kier alpha value is -3.18. The first-order chi connectivity index (χ1) is 49.6. The van der Waals surface area contributed by atoms with E-state index in [0.717, 1.165) is 109 Å². The Bertz CT molecular complexity index is 2110. The van der Waals surface area contributed by atoms with Crippen LogP contribution >= 0.6 is 0 Å². The van der Waals surface area contributed by atoms with E-state index in [-0.39, 0.29) is 136 Å². The molecule has 0 aliphatic carbocycles. The Morgan fingerprint density at radius 3 is 1.07 bits per heavy atom. The highest BCUT2D eigenvalue weighted by molar-refractivity contribution is 5.79. The number of carbonyl (C=O) groups excluding carboxylic acids is 6. The second-order valence-corrected chi connectivity index (χ2v) is 31.5. The zero-order valence-electron chi connectivity index (χ0n) is 67.4. The summed E-state index contributed by atoms with van der Waals surface area (Å²) in [4.78, 5) is 73.8. The maximum Gasteiger partial charge on any atom is 0.302 e. The lowest BCUT2D eigenvalue weighted by atomic mass is 9.79. The number of ether oxygens (including phenoxy) is 10. The topological polar surface area (TPSA) is 257 Å². The van der Waals surface area contributed by atoms with Crippen LogP contribution in [0.4, 0.5) is 0 Å². The number of rotatable bonds is 64. The van der Waals surface area contributed by atoms with Gasteiger partial charge in [-0.05, 0) is 86.9 Å². The molecule has 3 saturated heterocycles. The van der Waals surface area contributed by atoms with Gasteiger partial charge in [-0.3, -0.25) is 28.8 Å². The summed E-state index contributed by atoms with van der Waals surface area (Å²) in [5.74, 6) is 2.03. The summed E-state index contributed by atoms with van der Waals surface area (Å²) in [6.07, 6.45) is 38.7. The van der Waals surface area contributed by atoms with E-state index in [0.29, 0.717) is 75.7 Å². The van der Waals surface area contributed by atoms with Crippen molar-refractivity contribution in [1.29, 1.82) is 0 Å².